The average Bonchev–Trinajstić information content (AvgIpc) is 2.41. The van der Waals surface area contributed by atoms with Gasteiger partial charge in [0.2, 0.25) is 0 Å². The van der Waals surface area contributed by atoms with Crippen molar-refractivity contribution in [3.8, 4) is 11.5 Å². The number of ether oxygens (including phenoxy) is 2. The van der Waals surface area contributed by atoms with E-state index in [1.54, 1.807) is 37.4 Å². The maximum absolute atomic E-state index is 13.1. The lowest BCUT2D eigenvalue weighted by Crippen LogP contribution is -1.99. The fraction of sp³-hybridized carbons (Fsp3) is 0.143. The predicted molar refractivity (Wildman–Crippen MR) is 75.8 cm³/mol. The zero-order chi connectivity index (χ0) is 13.8. The van der Waals surface area contributed by atoms with Gasteiger partial charge >= 0.3 is 0 Å². The van der Waals surface area contributed by atoms with Gasteiger partial charge in [-0.15, -0.1) is 0 Å². The zero-order valence-electron chi connectivity index (χ0n) is 10.3. The molecule has 0 aromatic heterocycles. The number of methoxy groups -OCH3 is 1. The predicted octanol–water partition coefficient (Wildman–Crippen LogP) is 3.76. The average molecular weight is 326 g/mol. The summed E-state index contributed by atoms with van der Waals surface area (Å²) >= 11 is 3.13. The van der Waals surface area contributed by atoms with Crippen LogP contribution in [0.1, 0.15) is 5.56 Å². The van der Waals surface area contributed by atoms with Crippen molar-refractivity contribution in [2.24, 2.45) is 0 Å². The molecule has 0 fully saturated rings. The van der Waals surface area contributed by atoms with E-state index in [0.29, 0.717) is 28.3 Å². The van der Waals surface area contributed by atoms with Crippen LogP contribution in [0.15, 0.2) is 40.9 Å². The number of nitrogens with two attached hydrogens (primary N) is 1. The van der Waals surface area contributed by atoms with Crippen molar-refractivity contribution in [1.82, 2.24) is 0 Å². The van der Waals surface area contributed by atoms with Gasteiger partial charge in [0, 0.05) is 6.07 Å². The molecule has 19 heavy (non-hydrogen) atoms. The van der Waals surface area contributed by atoms with Crippen LogP contribution >= 0.6 is 15.9 Å². The van der Waals surface area contributed by atoms with Gasteiger partial charge in [-0.05, 0) is 45.8 Å². The Labute approximate surface area is 119 Å². The first-order valence-corrected chi connectivity index (χ1v) is 6.39. The lowest BCUT2D eigenvalue weighted by Gasteiger charge is -2.10. The number of anilines is 1. The molecule has 5 heteroatoms. The standard InChI is InChI=1S/C14H13BrFNO2/c1-18-10-3-5-14(13(17)7-10)19-8-9-2-4-12(16)11(15)6-9/h2-7H,8,17H2,1H3. The highest BCUT2D eigenvalue weighted by Crippen LogP contribution is 2.27. The first kappa shape index (κ1) is 13.7. The SMILES string of the molecule is COc1ccc(OCc2ccc(F)c(Br)c2)c(N)c1. The van der Waals surface area contributed by atoms with Crippen molar-refractivity contribution in [3.05, 3.63) is 52.3 Å². The minimum atomic E-state index is -0.298. The van der Waals surface area contributed by atoms with Crippen LogP contribution in [0.5, 0.6) is 11.5 Å². The minimum Gasteiger partial charge on any atom is -0.497 e. The van der Waals surface area contributed by atoms with Crippen molar-refractivity contribution in [3.63, 3.8) is 0 Å². The van der Waals surface area contributed by atoms with E-state index >= 15 is 0 Å². The Hall–Kier alpha value is -1.75. The van der Waals surface area contributed by atoms with Gasteiger partial charge in [0.05, 0.1) is 17.3 Å². The molecule has 2 aromatic carbocycles. The molecular weight excluding hydrogens is 313 g/mol. The Balaban J connectivity index is 2.07. The van der Waals surface area contributed by atoms with Gasteiger partial charge in [0.1, 0.15) is 23.9 Å². The van der Waals surface area contributed by atoms with E-state index in [9.17, 15) is 4.39 Å². The molecule has 0 radical (unpaired) electrons. The quantitative estimate of drug-likeness (QED) is 0.870. The van der Waals surface area contributed by atoms with Crippen molar-refractivity contribution < 1.29 is 13.9 Å². The van der Waals surface area contributed by atoms with E-state index in [4.69, 9.17) is 15.2 Å². The molecule has 3 nitrogen and oxygen atoms in total. The van der Waals surface area contributed by atoms with Crippen LogP contribution in [0.4, 0.5) is 10.1 Å². The van der Waals surface area contributed by atoms with Gasteiger partial charge in [-0.25, -0.2) is 4.39 Å². The van der Waals surface area contributed by atoms with Crippen LogP contribution in [0.2, 0.25) is 0 Å². The highest BCUT2D eigenvalue weighted by atomic mass is 79.9. The summed E-state index contributed by atoms with van der Waals surface area (Å²) in [6, 6.07) is 9.93. The highest BCUT2D eigenvalue weighted by Gasteiger charge is 2.04. The Morgan fingerprint density at radius 1 is 1.21 bits per heavy atom. The Morgan fingerprint density at radius 2 is 2.00 bits per heavy atom. The lowest BCUT2D eigenvalue weighted by molar-refractivity contribution is 0.307. The molecular formula is C14H13BrFNO2. The molecule has 2 rings (SSSR count). The van der Waals surface area contributed by atoms with E-state index in [1.165, 1.54) is 6.07 Å². The second-order valence-electron chi connectivity index (χ2n) is 3.94. The monoisotopic (exact) mass is 325 g/mol. The van der Waals surface area contributed by atoms with Crippen LogP contribution in [0.25, 0.3) is 0 Å². The summed E-state index contributed by atoms with van der Waals surface area (Å²) in [7, 11) is 1.57. The third-order valence-electron chi connectivity index (χ3n) is 2.60. The van der Waals surface area contributed by atoms with Gasteiger partial charge in [-0.2, -0.15) is 0 Å². The van der Waals surface area contributed by atoms with E-state index in [2.05, 4.69) is 15.9 Å². The second kappa shape index (κ2) is 5.93. The normalized spacial score (nSPS) is 10.3. The van der Waals surface area contributed by atoms with Crippen LogP contribution in [-0.4, -0.2) is 7.11 Å². The van der Waals surface area contributed by atoms with Gasteiger partial charge in [0.25, 0.3) is 0 Å². The number of nitrogen functional groups attached to an aromatic ring is 1. The summed E-state index contributed by atoms with van der Waals surface area (Å²) in [5.74, 6) is 0.948. The number of rotatable bonds is 4. The van der Waals surface area contributed by atoms with Crippen molar-refractivity contribution in [2.45, 2.75) is 6.61 Å². The molecule has 0 amide bonds. The molecule has 0 aliphatic heterocycles. The summed E-state index contributed by atoms with van der Waals surface area (Å²) in [5, 5.41) is 0. The van der Waals surface area contributed by atoms with E-state index < -0.39 is 0 Å². The molecule has 0 aliphatic rings. The third-order valence-corrected chi connectivity index (χ3v) is 3.20. The fourth-order valence-electron chi connectivity index (χ4n) is 1.58. The number of hydrogen-bond acceptors (Lipinski definition) is 3. The molecule has 100 valence electrons. The molecule has 0 aliphatic carbocycles. The molecule has 2 N–H and O–H groups in total. The Morgan fingerprint density at radius 3 is 2.63 bits per heavy atom. The molecule has 0 bridgehead atoms. The summed E-state index contributed by atoms with van der Waals surface area (Å²) in [6.07, 6.45) is 0. The zero-order valence-corrected chi connectivity index (χ0v) is 11.9. The van der Waals surface area contributed by atoms with Crippen LogP contribution in [0.3, 0.4) is 0 Å². The first-order chi connectivity index (χ1) is 9.10. The molecule has 0 unspecified atom stereocenters. The van der Waals surface area contributed by atoms with Crippen LogP contribution in [-0.2, 0) is 6.61 Å². The number of halogens is 2. The van der Waals surface area contributed by atoms with Crippen molar-refractivity contribution in [2.75, 3.05) is 12.8 Å². The second-order valence-corrected chi connectivity index (χ2v) is 4.80. The summed E-state index contributed by atoms with van der Waals surface area (Å²) in [4.78, 5) is 0. The summed E-state index contributed by atoms with van der Waals surface area (Å²) < 4.78 is 24.2. The van der Waals surface area contributed by atoms with Crippen molar-refractivity contribution >= 4 is 21.6 Å². The molecule has 0 atom stereocenters. The largest absolute Gasteiger partial charge is 0.497 e. The number of hydrogen-bond donors (Lipinski definition) is 1. The maximum atomic E-state index is 13.1. The van der Waals surface area contributed by atoms with Crippen molar-refractivity contribution in [1.29, 1.82) is 0 Å². The maximum Gasteiger partial charge on any atom is 0.142 e. The molecule has 0 spiro atoms. The van der Waals surface area contributed by atoms with Gasteiger partial charge in [-0.1, -0.05) is 6.07 Å². The fourth-order valence-corrected chi connectivity index (χ4v) is 2.00. The van der Waals surface area contributed by atoms with E-state index in [-0.39, 0.29) is 5.82 Å². The first-order valence-electron chi connectivity index (χ1n) is 5.60. The van der Waals surface area contributed by atoms with Crippen LogP contribution in [0, 0.1) is 5.82 Å². The van der Waals surface area contributed by atoms with E-state index in [1.807, 2.05) is 0 Å². The Bertz CT molecular complexity index is 590. The van der Waals surface area contributed by atoms with Gasteiger partial charge in [0.15, 0.2) is 0 Å². The molecule has 0 saturated carbocycles. The lowest BCUT2D eigenvalue weighted by atomic mass is 10.2. The summed E-state index contributed by atoms with van der Waals surface area (Å²) in [5.41, 5.74) is 7.19. The minimum absolute atomic E-state index is 0.298. The summed E-state index contributed by atoms with van der Waals surface area (Å²) in [6.45, 7) is 0.315. The number of benzene rings is 2. The topological polar surface area (TPSA) is 44.5 Å². The third kappa shape index (κ3) is 3.38. The molecule has 2 aromatic rings. The molecule has 0 heterocycles. The van der Waals surface area contributed by atoms with Gasteiger partial charge < -0.3 is 15.2 Å². The Kier molecular flexibility index (Phi) is 4.27. The van der Waals surface area contributed by atoms with Gasteiger partial charge in [-0.3, -0.25) is 0 Å². The smallest absolute Gasteiger partial charge is 0.142 e. The van der Waals surface area contributed by atoms with E-state index in [0.717, 1.165) is 5.56 Å². The molecule has 0 saturated heterocycles. The van der Waals surface area contributed by atoms with Crippen LogP contribution < -0.4 is 15.2 Å². The highest BCUT2D eigenvalue weighted by molar-refractivity contribution is 9.10.